The van der Waals surface area contributed by atoms with Crippen LogP contribution in [0.2, 0.25) is 5.02 Å². The number of carbonyl (C=O) groups excluding carboxylic acids is 1. The number of ether oxygens (including phenoxy) is 1. The lowest BCUT2D eigenvalue weighted by Gasteiger charge is -2.13. The number of halogens is 1. The van der Waals surface area contributed by atoms with Crippen LogP contribution >= 0.6 is 11.6 Å². The number of amides is 1. The van der Waals surface area contributed by atoms with E-state index < -0.39 is 6.10 Å². The second-order valence-corrected chi connectivity index (χ2v) is 6.11. The minimum atomic E-state index is -0.747. The number of carbonyl (C=O) groups is 1. The summed E-state index contributed by atoms with van der Waals surface area (Å²) in [5.41, 5.74) is 1.47. The van der Waals surface area contributed by atoms with Crippen molar-refractivity contribution in [3.8, 4) is 5.75 Å². The zero-order chi connectivity index (χ0) is 16.2. The molecule has 0 heterocycles. The number of rotatable bonds is 6. The molecule has 2 N–H and O–H groups in total. The van der Waals surface area contributed by atoms with Crippen molar-refractivity contribution in [1.29, 1.82) is 0 Å². The van der Waals surface area contributed by atoms with Crippen molar-refractivity contribution >= 4 is 23.2 Å². The van der Waals surface area contributed by atoms with E-state index in [2.05, 4.69) is 5.32 Å². The fourth-order valence-electron chi connectivity index (χ4n) is 2.21. The third-order valence-electron chi connectivity index (χ3n) is 3.71. The predicted octanol–water partition coefficient (Wildman–Crippen LogP) is 3.80. The topological polar surface area (TPSA) is 58.6 Å². The average Bonchev–Trinajstić information content (AvgIpc) is 3.39. The van der Waals surface area contributed by atoms with E-state index in [4.69, 9.17) is 16.3 Å². The van der Waals surface area contributed by atoms with E-state index in [1.807, 2.05) is 0 Å². The van der Waals surface area contributed by atoms with Gasteiger partial charge in [-0.2, -0.15) is 0 Å². The molecule has 1 amide bonds. The molecule has 0 radical (unpaired) electrons. The van der Waals surface area contributed by atoms with E-state index in [1.165, 1.54) is 0 Å². The third-order valence-corrected chi connectivity index (χ3v) is 3.95. The molecular formula is C18H18ClNO3. The molecule has 120 valence electrons. The van der Waals surface area contributed by atoms with Crippen molar-refractivity contribution in [1.82, 2.24) is 0 Å². The molecule has 1 atom stereocenters. The van der Waals surface area contributed by atoms with Crippen molar-refractivity contribution in [3.63, 3.8) is 0 Å². The molecule has 5 heteroatoms. The summed E-state index contributed by atoms with van der Waals surface area (Å²) in [6, 6.07) is 14.2. The van der Waals surface area contributed by atoms with Gasteiger partial charge in [-0.05, 0) is 54.8 Å². The molecular weight excluding hydrogens is 314 g/mol. The molecule has 2 aromatic rings. The van der Waals surface area contributed by atoms with E-state index in [0.717, 1.165) is 18.5 Å². The second-order valence-electron chi connectivity index (χ2n) is 5.67. The Balaban J connectivity index is 1.52. The van der Waals surface area contributed by atoms with E-state index in [1.54, 1.807) is 48.5 Å². The molecule has 0 bridgehead atoms. The summed E-state index contributed by atoms with van der Waals surface area (Å²) >= 11 is 5.91. The molecule has 1 fully saturated rings. The first-order valence-electron chi connectivity index (χ1n) is 7.59. The highest BCUT2D eigenvalue weighted by molar-refractivity contribution is 6.30. The lowest BCUT2D eigenvalue weighted by Crippen LogP contribution is -2.13. The highest BCUT2D eigenvalue weighted by Crippen LogP contribution is 2.30. The monoisotopic (exact) mass is 331 g/mol. The molecule has 0 saturated heterocycles. The normalized spacial score (nSPS) is 15.0. The molecule has 0 aliphatic heterocycles. The second kappa shape index (κ2) is 7.02. The van der Waals surface area contributed by atoms with Gasteiger partial charge in [-0.25, -0.2) is 0 Å². The molecule has 0 spiro atoms. The maximum absolute atomic E-state index is 11.7. The Morgan fingerprint density at radius 2 is 2.00 bits per heavy atom. The summed E-state index contributed by atoms with van der Waals surface area (Å²) in [5, 5.41) is 13.6. The fourth-order valence-corrected chi connectivity index (χ4v) is 2.41. The van der Waals surface area contributed by atoms with Crippen molar-refractivity contribution in [2.45, 2.75) is 18.9 Å². The number of hydrogen-bond donors (Lipinski definition) is 2. The summed E-state index contributed by atoms with van der Waals surface area (Å²) in [4.78, 5) is 11.7. The first-order valence-corrected chi connectivity index (χ1v) is 7.97. The summed E-state index contributed by atoms with van der Waals surface area (Å²) in [7, 11) is 0. The van der Waals surface area contributed by atoms with Gasteiger partial charge in [0.1, 0.15) is 18.5 Å². The SMILES string of the molecule is O=C(Nc1ccc(OCC(O)c2cccc(Cl)c2)cc1)C1CC1. The van der Waals surface area contributed by atoms with Gasteiger partial charge in [0.2, 0.25) is 5.91 Å². The van der Waals surface area contributed by atoms with Crippen molar-refractivity contribution in [2.75, 3.05) is 11.9 Å². The number of hydrogen-bond acceptors (Lipinski definition) is 3. The zero-order valence-corrected chi connectivity index (χ0v) is 13.3. The van der Waals surface area contributed by atoms with Crippen LogP contribution in [0.25, 0.3) is 0 Å². The van der Waals surface area contributed by atoms with Crippen LogP contribution in [0.3, 0.4) is 0 Å². The summed E-state index contributed by atoms with van der Waals surface area (Å²) < 4.78 is 5.58. The first kappa shape index (κ1) is 15.8. The van der Waals surface area contributed by atoms with Gasteiger partial charge in [-0.1, -0.05) is 23.7 Å². The largest absolute Gasteiger partial charge is 0.491 e. The van der Waals surface area contributed by atoms with Gasteiger partial charge in [0.05, 0.1) is 0 Å². The Labute approximate surface area is 140 Å². The summed E-state index contributed by atoms with van der Waals surface area (Å²) in [5.74, 6) is 0.893. The van der Waals surface area contributed by atoms with Gasteiger partial charge in [-0.3, -0.25) is 4.79 Å². The van der Waals surface area contributed by atoms with Gasteiger partial charge in [0, 0.05) is 16.6 Å². The van der Waals surface area contributed by atoms with Crippen molar-refractivity contribution < 1.29 is 14.6 Å². The summed E-state index contributed by atoms with van der Waals surface area (Å²) in [6.07, 6.45) is 1.21. The Morgan fingerprint density at radius 1 is 1.26 bits per heavy atom. The number of nitrogens with one attached hydrogen (secondary N) is 1. The number of benzene rings is 2. The Morgan fingerprint density at radius 3 is 2.65 bits per heavy atom. The van der Waals surface area contributed by atoms with Gasteiger partial charge in [0.25, 0.3) is 0 Å². The molecule has 2 aromatic carbocycles. The standard InChI is InChI=1S/C18H18ClNO3/c19-14-3-1-2-13(10-14)17(21)11-23-16-8-6-15(7-9-16)20-18(22)12-4-5-12/h1-3,6-10,12,17,21H,4-5,11H2,(H,20,22). The van der Waals surface area contributed by atoms with Crippen LogP contribution in [-0.2, 0) is 4.79 Å². The smallest absolute Gasteiger partial charge is 0.227 e. The van der Waals surface area contributed by atoms with Crippen LogP contribution in [-0.4, -0.2) is 17.6 Å². The number of anilines is 1. The minimum Gasteiger partial charge on any atom is -0.491 e. The van der Waals surface area contributed by atoms with Crippen LogP contribution in [0.4, 0.5) is 5.69 Å². The number of aliphatic hydroxyl groups is 1. The highest BCUT2D eigenvalue weighted by atomic mass is 35.5. The molecule has 1 saturated carbocycles. The zero-order valence-electron chi connectivity index (χ0n) is 12.5. The van der Waals surface area contributed by atoms with Gasteiger partial charge in [-0.15, -0.1) is 0 Å². The maximum atomic E-state index is 11.7. The van der Waals surface area contributed by atoms with Gasteiger partial charge >= 0.3 is 0 Å². The molecule has 1 unspecified atom stereocenters. The van der Waals surface area contributed by atoms with E-state index >= 15 is 0 Å². The molecule has 0 aromatic heterocycles. The lowest BCUT2D eigenvalue weighted by molar-refractivity contribution is -0.117. The first-order chi connectivity index (χ1) is 11.1. The van der Waals surface area contributed by atoms with Gasteiger partial charge < -0.3 is 15.2 Å². The Kier molecular flexibility index (Phi) is 4.84. The van der Waals surface area contributed by atoms with E-state index in [0.29, 0.717) is 16.3 Å². The van der Waals surface area contributed by atoms with Crippen LogP contribution < -0.4 is 10.1 Å². The molecule has 23 heavy (non-hydrogen) atoms. The lowest BCUT2D eigenvalue weighted by atomic mass is 10.1. The van der Waals surface area contributed by atoms with Gasteiger partial charge in [0.15, 0.2) is 0 Å². The van der Waals surface area contributed by atoms with Crippen molar-refractivity contribution in [3.05, 3.63) is 59.1 Å². The predicted molar refractivity (Wildman–Crippen MR) is 89.7 cm³/mol. The molecule has 1 aliphatic carbocycles. The Bertz CT molecular complexity index is 683. The third kappa shape index (κ3) is 4.47. The average molecular weight is 332 g/mol. The fraction of sp³-hybridized carbons (Fsp3) is 0.278. The van der Waals surface area contributed by atoms with E-state index in [9.17, 15) is 9.90 Å². The van der Waals surface area contributed by atoms with Crippen LogP contribution in [0.1, 0.15) is 24.5 Å². The van der Waals surface area contributed by atoms with Crippen molar-refractivity contribution in [2.24, 2.45) is 5.92 Å². The highest BCUT2D eigenvalue weighted by Gasteiger charge is 2.29. The summed E-state index contributed by atoms with van der Waals surface area (Å²) in [6.45, 7) is 0.133. The van der Waals surface area contributed by atoms with Crippen LogP contribution in [0.5, 0.6) is 5.75 Å². The van der Waals surface area contributed by atoms with Crippen LogP contribution in [0, 0.1) is 5.92 Å². The number of aliphatic hydroxyl groups excluding tert-OH is 1. The molecule has 1 aliphatic rings. The van der Waals surface area contributed by atoms with E-state index in [-0.39, 0.29) is 18.4 Å². The maximum Gasteiger partial charge on any atom is 0.227 e. The quantitative estimate of drug-likeness (QED) is 0.846. The minimum absolute atomic E-state index is 0.0787. The molecule has 3 rings (SSSR count). The Hall–Kier alpha value is -2.04. The molecule has 4 nitrogen and oxygen atoms in total. The van der Waals surface area contributed by atoms with Crippen LogP contribution in [0.15, 0.2) is 48.5 Å².